The molecule has 0 spiro atoms. The zero-order valence-electron chi connectivity index (χ0n) is 61.3. The molecule has 11 nitrogen and oxygen atoms in total. The summed E-state index contributed by atoms with van der Waals surface area (Å²) in [4.78, 5) is 29.9. The molecule has 524 valence electrons. The van der Waals surface area contributed by atoms with Crippen molar-refractivity contribution >= 4 is 87.5 Å². The first-order valence-corrected chi connectivity index (χ1v) is 37.5. The van der Waals surface area contributed by atoms with Gasteiger partial charge in [-0.05, 0) is 101 Å². The molecular formula is C99H70N8O3. The molecule has 20 aromatic rings. The molecule has 11 heteroatoms. The van der Waals surface area contributed by atoms with E-state index in [-0.39, 0.29) is 16.2 Å². The molecule has 1 aliphatic carbocycles. The molecular weight excluding hydrogens is 1350 g/mol. The molecule has 0 bridgehead atoms. The van der Waals surface area contributed by atoms with Crippen LogP contribution < -0.4 is 4.74 Å². The van der Waals surface area contributed by atoms with Crippen molar-refractivity contribution in [2.24, 2.45) is 0 Å². The van der Waals surface area contributed by atoms with Crippen LogP contribution in [0, 0.1) is 0 Å². The van der Waals surface area contributed by atoms with Gasteiger partial charge in [0, 0.05) is 98.7 Å². The zero-order chi connectivity index (χ0) is 73.7. The van der Waals surface area contributed by atoms with E-state index < -0.39 is 0 Å². The van der Waals surface area contributed by atoms with Crippen LogP contribution in [0.15, 0.2) is 324 Å². The molecule has 110 heavy (non-hydrogen) atoms. The summed E-state index contributed by atoms with van der Waals surface area (Å²) in [7, 11) is 0. The first-order chi connectivity index (χ1) is 53.8. The fraction of sp³-hybridized carbons (Fsp3) is 0.0909. The molecule has 6 aromatic heterocycles. The molecule has 0 unspecified atom stereocenters. The van der Waals surface area contributed by atoms with Crippen LogP contribution in [0.1, 0.15) is 74.9 Å². The summed E-state index contributed by atoms with van der Waals surface area (Å²) in [5, 5.41) is 8.91. The Hall–Kier alpha value is -13.9. The summed E-state index contributed by atoms with van der Waals surface area (Å²) in [6, 6.07) is 110. The Morgan fingerprint density at radius 1 is 0.264 bits per heavy atom. The van der Waals surface area contributed by atoms with E-state index in [0.29, 0.717) is 34.9 Å². The number of furan rings is 2. The van der Waals surface area contributed by atoms with Gasteiger partial charge < -0.3 is 22.7 Å². The topological polar surface area (TPSA) is 123 Å². The predicted octanol–water partition coefficient (Wildman–Crippen LogP) is 25.1. The van der Waals surface area contributed by atoms with Gasteiger partial charge in [-0.25, -0.2) is 29.9 Å². The normalized spacial score (nSPS) is 13.8. The van der Waals surface area contributed by atoms with Gasteiger partial charge >= 0.3 is 0 Å². The van der Waals surface area contributed by atoms with Crippen molar-refractivity contribution in [1.82, 2.24) is 39.0 Å². The van der Waals surface area contributed by atoms with Gasteiger partial charge in [-0.1, -0.05) is 278 Å². The second-order valence-electron chi connectivity index (χ2n) is 30.4. The summed E-state index contributed by atoms with van der Waals surface area (Å²) in [5.74, 6) is 5.42. The number of hydrogen-bond donors (Lipinski definition) is 0. The number of fused-ring (bicyclic) bond motifs is 18. The summed E-state index contributed by atoms with van der Waals surface area (Å²) < 4.78 is 25.0. The van der Waals surface area contributed by atoms with Crippen molar-refractivity contribution in [2.45, 2.75) is 57.8 Å². The molecule has 0 atom stereocenters. The van der Waals surface area contributed by atoms with Crippen molar-refractivity contribution in [3.05, 3.63) is 349 Å². The van der Waals surface area contributed by atoms with E-state index in [2.05, 4.69) is 227 Å². The van der Waals surface area contributed by atoms with Crippen molar-refractivity contribution in [1.29, 1.82) is 0 Å². The van der Waals surface area contributed by atoms with E-state index in [9.17, 15) is 0 Å². The quantitative estimate of drug-likeness (QED) is 0.146. The van der Waals surface area contributed by atoms with E-state index >= 15 is 0 Å². The monoisotopic (exact) mass is 1420 g/mol. The van der Waals surface area contributed by atoms with E-state index in [1.807, 2.05) is 140 Å². The Bertz CT molecular complexity index is 7040. The molecule has 0 radical (unpaired) electrons. The molecule has 22 rings (SSSR count). The predicted molar refractivity (Wildman–Crippen MR) is 445 cm³/mol. The van der Waals surface area contributed by atoms with Crippen LogP contribution in [0.2, 0.25) is 0 Å². The summed E-state index contributed by atoms with van der Waals surface area (Å²) >= 11 is 0. The fourth-order valence-corrected chi connectivity index (χ4v) is 17.7. The minimum atomic E-state index is -0.212. The highest BCUT2D eigenvalue weighted by Gasteiger charge is 2.44. The maximum atomic E-state index is 6.78. The molecule has 7 heterocycles. The maximum absolute atomic E-state index is 6.78. The number of aromatic nitrogens is 8. The van der Waals surface area contributed by atoms with Crippen molar-refractivity contribution in [3.8, 4) is 91.2 Å². The average Bonchev–Trinajstić information content (AvgIpc) is 1.25. The SMILES string of the molecule is CC1(C)c2ccccc2C(C)(C)c2c1ccc1c2c2ccccc2n1-c1ccc2oc3c(-c4nc(-c5ccccc5)nc(-c5ccccc5)n4)cccc3c2c1.CC1(C)c2ccccc2Oc2c1ccc1c2c2ccccc2n1-c1ccc2oc3c(-c4nc(-c5ccccc5)nc(-c5ccccc5)n4)cccc3c2c1. The average molecular weight is 1420 g/mol. The lowest BCUT2D eigenvalue weighted by Crippen LogP contribution is -2.36. The highest BCUT2D eigenvalue weighted by molar-refractivity contribution is 6.16. The standard InChI is InChI=1S/C51H38N4O.C48H32N4O2/c1-50(2)38-23-12-13-24-39(38)51(3,4)45-40(50)27-28-42-44(45)35-20-11-14-25-41(35)55(42)33-26-29-43-37(30-33)34-21-15-22-36(46(34)56-43)49-53-47(31-16-7-5-8-17-31)52-48(54-49)32-18-9-6-10-19-32;1-48(2)36-21-10-12-23-41(36)54-44-37(48)25-26-39-42(44)33-18-9-11-22-38(33)52(39)31-24-27-40-35(28-31)32-19-13-20-34(43(32)53-40)47-50-45(29-14-5-3-6-15-29)49-46(51-47)30-16-7-4-8-17-30/h5-30H,1-4H3;3-28H,1-2H3. The second kappa shape index (κ2) is 24.6. The smallest absolute Gasteiger partial charge is 0.167 e. The maximum Gasteiger partial charge on any atom is 0.167 e. The molecule has 14 aromatic carbocycles. The molecule has 2 aliphatic rings. The minimum Gasteiger partial charge on any atom is -0.456 e. The first-order valence-electron chi connectivity index (χ1n) is 37.5. The molecule has 0 saturated carbocycles. The van der Waals surface area contributed by atoms with Crippen LogP contribution >= 0.6 is 0 Å². The molecule has 1 aliphatic heterocycles. The van der Waals surface area contributed by atoms with Gasteiger partial charge in [0.25, 0.3) is 0 Å². The molecule has 0 amide bonds. The number of benzene rings is 14. The Labute approximate surface area is 634 Å². The van der Waals surface area contributed by atoms with Gasteiger partial charge in [0.2, 0.25) is 0 Å². The summed E-state index contributed by atoms with van der Waals surface area (Å²) in [6.45, 7) is 14.1. The fourth-order valence-electron chi connectivity index (χ4n) is 17.7. The molecule has 0 N–H and O–H groups in total. The number of para-hydroxylation sites is 5. The van der Waals surface area contributed by atoms with Crippen LogP contribution in [0.25, 0.3) is 167 Å². The van der Waals surface area contributed by atoms with Crippen LogP contribution in [-0.2, 0) is 16.2 Å². The van der Waals surface area contributed by atoms with Crippen LogP contribution in [-0.4, -0.2) is 39.0 Å². The van der Waals surface area contributed by atoms with Crippen molar-refractivity contribution < 1.29 is 13.6 Å². The lowest BCUT2D eigenvalue weighted by molar-refractivity contribution is 0.423. The van der Waals surface area contributed by atoms with Crippen molar-refractivity contribution in [2.75, 3.05) is 0 Å². The Kier molecular flexibility index (Phi) is 14.4. The first kappa shape index (κ1) is 64.5. The number of nitrogens with zero attached hydrogens (tertiary/aromatic N) is 8. The Morgan fingerprint density at radius 2 is 0.636 bits per heavy atom. The van der Waals surface area contributed by atoms with Gasteiger partial charge in [-0.3, -0.25) is 0 Å². The molecule has 0 saturated heterocycles. The number of ether oxygens (including phenoxy) is 1. The third-order valence-corrected chi connectivity index (χ3v) is 23.0. The summed E-state index contributed by atoms with van der Waals surface area (Å²) in [5.41, 5.74) is 22.6. The van der Waals surface area contributed by atoms with Crippen LogP contribution in [0.3, 0.4) is 0 Å². The van der Waals surface area contributed by atoms with Gasteiger partial charge in [0.15, 0.2) is 34.9 Å². The number of hydrogen-bond acceptors (Lipinski definition) is 9. The lowest BCUT2D eigenvalue weighted by atomic mass is 9.59. The Morgan fingerprint density at radius 3 is 1.12 bits per heavy atom. The van der Waals surface area contributed by atoms with Gasteiger partial charge in [-0.2, -0.15) is 0 Å². The van der Waals surface area contributed by atoms with Gasteiger partial charge in [0.1, 0.15) is 33.8 Å². The van der Waals surface area contributed by atoms with E-state index in [1.54, 1.807) is 0 Å². The number of rotatable bonds is 8. The van der Waals surface area contributed by atoms with E-state index in [1.165, 1.54) is 55.2 Å². The highest BCUT2D eigenvalue weighted by atomic mass is 16.5. The van der Waals surface area contributed by atoms with Crippen LogP contribution in [0.5, 0.6) is 11.5 Å². The van der Waals surface area contributed by atoms with Crippen LogP contribution in [0.4, 0.5) is 0 Å². The summed E-state index contributed by atoms with van der Waals surface area (Å²) in [6.07, 6.45) is 0. The largest absolute Gasteiger partial charge is 0.456 e. The molecule has 0 fully saturated rings. The highest BCUT2D eigenvalue weighted by Crippen LogP contribution is 2.56. The lowest BCUT2D eigenvalue weighted by Gasteiger charge is -2.44. The third kappa shape index (κ3) is 9.96. The van der Waals surface area contributed by atoms with E-state index in [0.717, 1.165) is 122 Å². The Balaban J connectivity index is 0.000000140. The van der Waals surface area contributed by atoms with E-state index in [4.69, 9.17) is 43.5 Å². The van der Waals surface area contributed by atoms with Gasteiger partial charge in [-0.15, -0.1) is 0 Å². The van der Waals surface area contributed by atoms with Crippen molar-refractivity contribution in [3.63, 3.8) is 0 Å². The van der Waals surface area contributed by atoms with Gasteiger partial charge in [0.05, 0.1) is 38.6 Å². The minimum absolute atomic E-state index is 0.132. The zero-order valence-corrected chi connectivity index (χ0v) is 61.3. The second-order valence-corrected chi connectivity index (χ2v) is 30.4. The third-order valence-electron chi connectivity index (χ3n) is 23.0.